The maximum atomic E-state index is 5.80. The molecular formula is C17H34N2O. The largest absolute Gasteiger partial charge is 0.378 e. The molecule has 0 spiro atoms. The van der Waals surface area contributed by atoms with Gasteiger partial charge in [0.1, 0.15) is 0 Å². The molecule has 118 valence electrons. The molecule has 2 fully saturated rings. The average Bonchev–Trinajstić information content (AvgIpc) is 3.00. The number of hydrogen-bond acceptors (Lipinski definition) is 3. The van der Waals surface area contributed by atoms with Gasteiger partial charge in [-0.05, 0) is 38.5 Å². The zero-order valence-corrected chi connectivity index (χ0v) is 13.8. The molecule has 2 atom stereocenters. The summed E-state index contributed by atoms with van der Waals surface area (Å²) in [6, 6.07) is 0.729. The van der Waals surface area contributed by atoms with Crippen molar-refractivity contribution in [2.75, 3.05) is 26.2 Å². The highest BCUT2D eigenvalue weighted by atomic mass is 16.5. The summed E-state index contributed by atoms with van der Waals surface area (Å²) < 4.78 is 5.80. The van der Waals surface area contributed by atoms with Crippen LogP contribution in [0.15, 0.2) is 0 Å². The fraction of sp³-hybridized carbons (Fsp3) is 1.00. The molecule has 2 aliphatic heterocycles. The van der Waals surface area contributed by atoms with Crippen LogP contribution in [0.4, 0.5) is 0 Å². The van der Waals surface area contributed by atoms with E-state index in [2.05, 4.69) is 31.0 Å². The molecule has 2 aliphatic rings. The summed E-state index contributed by atoms with van der Waals surface area (Å²) in [6.45, 7) is 11.6. The quantitative estimate of drug-likeness (QED) is 0.776. The molecule has 3 heteroatoms. The highest BCUT2D eigenvalue weighted by Gasteiger charge is 2.36. The first kappa shape index (κ1) is 16.3. The van der Waals surface area contributed by atoms with Crippen LogP contribution in [0.3, 0.4) is 0 Å². The third-order valence-corrected chi connectivity index (χ3v) is 5.47. The van der Waals surface area contributed by atoms with Gasteiger partial charge in [-0.15, -0.1) is 0 Å². The van der Waals surface area contributed by atoms with Crippen molar-refractivity contribution in [1.29, 1.82) is 0 Å². The Kier molecular flexibility index (Phi) is 6.31. The summed E-state index contributed by atoms with van der Waals surface area (Å²) in [5.74, 6) is 0. The van der Waals surface area contributed by atoms with E-state index >= 15 is 0 Å². The minimum Gasteiger partial charge on any atom is -0.378 e. The van der Waals surface area contributed by atoms with Crippen LogP contribution in [-0.4, -0.2) is 48.8 Å². The molecule has 2 heterocycles. The summed E-state index contributed by atoms with van der Waals surface area (Å²) in [5.41, 5.74) is 0.348. The minimum atomic E-state index is 0.348. The van der Waals surface area contributed by atoms with E-state index < -0.39 is 0 Å². The van der Waals surface area contributed by atoms with Gasteiger partial charge in [0, 0.05) is 37.8 Å². The van der Waals surface area contributed by atoms with Gasteiger partial charge < -0.3 is 10.1 Å². The molecule has 1 N–H and O–H groups in total. The molecule has 0 aromatic heterocycles. The van der Waals surface area contributed by atoms with Gasteiger partial charge in [-0.3, -0.25) is 4.90 Å². The van der Waals surface area contributed by atoms with Gasteiger partial charge in [0.15, 0.2) is 0 Å². The standard InChI is InChI=1S/C17H34N2O/c1-4-8-15-13-18-17(5-2,6-3)14-19(15)11-10-16-9-7-12-20-16/h15-16,18H,4-14H2,1-3H3. The number of piperazine rings is 1. The van der Waals surface area contributed by atoms with E-state index in [9.17, 15) is 0 Å². The molecule has 0 aromatic carbocycles. The first-order valence-electron chi connectivity index (χ1n) is 8.83. The van der Waals surface area contributed by atoms with Crippen LogP contribution in [0.2, 0.25) is 0 Å². The highest BCUT2D eigenvalue weighted by molar-refractivity contribution is 4.96. The Hall–Kier alpha value is -0.120. The van der Waals surface area contributed by atoms with Crippen molar-refractivity contribution in [1.82, 2.24) is 10.2 Å². The lowest BCUT2D eigenvalue weighted by Gasteiger charge is -2.48. The molecule has 0 aliphatic carbocycles. The van der Waals surface area contributed by atoms with Crippen LogP contribution in [0.25, 0.3) is 0 Å². The zero-order chi connectivity index (χ0) is 14.4. The van der Waals surface area contributed by atoms with Crippen molar-refractivity contribution < 1.29 is 4.74 Å². The maximum Gasteiger partial charge on any atom is 0.0588 e. The fourth-order valence-corrected chi connectivity index (χ4v) is 3.82. The fourth-order valence-electron chi connectivity index (χ4n) is 3.82. The van der Waals surface area contributed by atoms with Gasteiger partial charge in [0.05, 0.1) is 6.10 Å². The van der Waals surface area contributed by atoms with Crippen LogP contribution in [0.1, 0.15) is 65.7 Å². The SMILES string of the molecule is CCCC1CNC(CC)(CC)CN1CCC1CCCO1. The topological polar surface area (TPSA) is 24.5 Å². The Morgan fingerprint density at radius 1 is 1.20 bits per heavy atom. The Morgan fingerprint density at radius 2 is 2.00 bits per heavy atom. The van der Waals surface area contributed by atoms with Crippen LogP contribution < -0.4 is 5.32 Å². The highest BCUT2D eigenvalue weighted by Crippen LogP contribution is 2.25. The van der Waals surface area contributed by atoms with E-state index in [0.717, 1.165) is 12.6 Å². The van der Waals surface area contributed by atoms with Gasteiger partial charge in [-0.1, -0.05) is 27.2 Å². The second-order valence-electron chi connectivity index (χ2n) is 6.71. The first-order chi connectivity index (χ1) is 9.73. The molecule has 2 unspecified atom stereocenters. The monoisotopic (exact) mass is 282 g/mol. The van der Waals surface area contributed by atoms with Crippen molar-refractivity contribution in [3.05, 3.63) is 0 Å². The lowest BCUT2D eigenvalue weighted by atomic mass is 9.87. The van der Waals surface area contributed by atoms with Gasteiger partial charge in [0.25, 0.3) is 0 Å². The summed E-state index contributed by atoms with van der Waals surface area (Å²) >= 11 is 0. The van der Waals surface area contributed by atoms with E-state index in [0.29, 0.717) is 11.6 Å². The Bertz CT molecular complexity index is 272. The Labute approximate surface area is 125 Å². The lowest BCUT2D eigenvalue weighted by Crippen LogP contribution is -2.64. The summed E-state index contributed by atoms with van der Waals surface area (Å²) in [7, 11) is 0. The number of ether oxygens (including phenoxy) is 1. The summed E-state index contributed by atoms with van der Waals surface area (Å²) in [6.07, 6.45) is 9.37. The summed E-state index contributed by atoms with van der Waals surface area (Å²) in [5, 5.41) is 3.85. The molecule has 3 nitrogen and oxygen atoms in total. The third-order valence-electron chi connectivity index (χ3n) is 5.47. The predicted octanol–water partition coefficient (Wildman–Crippen LogP) is 3.19. The van der Waals surface area contributed by atoms with E-state index in [1.165, 1.54) is 64.6 Å². The number of rotatable bonds is 7. The Balaban J connectivity index is 1.91. The number of nitrogens with zero attached hydrogens (tertiary/aromatic N) is 1. The predicted molar refractivity (Wildman–Crippen MR) is 85.2 cm³/mol. The molecule has 2 saturated heterocycles. The lowest BCUT2D eigenvalue weighted by molar-refractivity contribution is 0.0431. The molecule has 0 amide bonds. The maximum absolute atomic E-state index is 5.80. The third kappa shape index (κ3) is 3.96. The van der Waals surface area contributed by atoms with Crippen molar-refractivity contribution in [2.45, 2.75) is 83.4 Å². The van der Waals surface area contributed by atoms with Crippen molar-refractivity contribution in [3.63, 3.8) is 0 Å². The van der Waals surface area contributed by atoms with Crippen LogP contribution >= 0.6 is 0 Å². The van der Waals surface area contributed by atoms with Gasteiger partial charge in [0.2, 0.25) is 0 Å². The zero-order valence-electron chi connectivity index (χ0n) is 13.8. The van der Waals surface area contributed by atoms with Gasteiger partial charge >= 0.3 is 0 Å². The first-order valence-corrected chi connectivity index (χ1v) is 8.83. The molecule has 0 aromatic rings. The minimum absolute atomic E-state index is 0.348. The second-order valence-corrected chi connectivity index (χ2v) is 6.71. The number of nitrogens with one attached hydrogen (secondary N) is 1. The van der Waals surface area contributed by atoms with Crippen molar-refractivity contribution in [2.24, 2.45) is 0 Å². The van der Waals surface area contributed by atoms with Crippen molar-refractivity contribution >= 4 is 0 Å². The van der Waals surface area contributed by atoms with Gasteiger partial charge in [-0.25, -0.2) is 0 Å². The van der Waals surface area contributed by atoms with E-state index in [-0.39, 0.29) is 0 Å². The van der Waals surface area contributed by atoms with E-state index in [1.54, 1.807) is 0 Å². The summed E-state index contributed by atoms with van der Waals surface area (Å²) in [4.78, 5) is 2.76. The molecule has 0 bridgehead atoms. The van der Waals surface area contributed by atoms with E-state index in [4.69, 9.17) is 4.74 Å². The van der Waals surface area contributed by atoms with Crippen LogP contribution in [0.5, 0.6) is 0 Å². The molecule has 20 heavy (non-hydrogen) atoms. The molecule has 0 saturated carbocycles. The smallest absolute Gasteiger partial charge is 0.0588 e. The molecule has 2 rings (SSSR count). The molecular weight excluding hydrogens is 248 g/mol. The van der Waals surface area contributed by atoms with E-state index in [1.807, 2.05) is 0 Å². The average molecular weight is 282 g/mol. The van der Waals surface area contributed by atoms with Crippen LogP contribution in [-0.2, 0) is 4.74 Å². The van der Waals surface area contributed by atoms with Crippen molar-refractivity contribution in [3.8, 4) is 0 Å². The number of hydrogen-bond donors (Lipinski definition) is 1. The Morgan fingerprint density at radius 3 is 2.60 bits per heavy atom. The molecule has 0 radical (unpaired) electrons. The second kappa shape index (κ2) is 7.77. The normalized spacial score (nSPS) is 30.8. The van der Waals surface area contributed by atoms with Gasteiger partial charge in [-0.2, -0.15) is 0 Å². The van der Waals surface area contributed by atoms with Crippen LogP contribution in [0, 0.1) is 0 Å².